The molecule has 1 fully saturated rings. The van der Waals surface area contributed by atoms with E-state index in [1.807, 2.05) is 7.05 Å². The van der Waals surface area contributed by atoms with Gasteiger partial charge in [-0.15, -0.1) is 0 Å². The lowest BCUT2D eigenvalue weighted by atomic mass is 10.3. The maximum Gasteiger partial charge on any atom is 0.324 e. The number of hydrogen-bond acceptors (Lipinski definition) is 5. The second-order valence-corrected chi connectivity index (χ2v) is 5.48. The molecule has 1 saturated carbocycles. The topological polar surface area (TPSA) is 66.9 Å². The molecular formula is C15H13F2N5O. The number of hydrogen-bond donors (Lipinski definition) is 1. The van der Waals surface area contributed by atoms with Crippen LogP contribution in [0.3, 0.4) is 0 Å². The molecule has 1 aromatic carbocycles. The van der Waals surface area contributed by atoms with E-state index in [1.165, 1.54) is 6.07 Å². The van der Waals surface area contributed by atoms with E-state index in [-0.39, 0.29) is 11.8 Å². The number of fused-ring (bicyclic) bond motifs is 1. The zero-order valence-electron chi connectivity index (χ0n) is 12.3. The molecule has 0 spiro atoms. The Balaban J connectivity index is 1.64. The fourth-order valence-corrected chi connectivity index (χ4v) is 2.39. The lowest BCUT2D eigenvalue weighted by molar-refractivity contribution is 0.409. The number of ether oxygens (including phenoxy) is 1. The van der Waals surface area contributed by atoms with E-state index in [0.717, 1.165) is 36.2 Å². The lowest BCUT2D eigenvalue weighted by Crippen LogP contribution is -2.19. The van der Waals surface area contributed by atoms with E-state index in [0.29, 0.717) is 11.7 Å². The van der Waals surface area contributed by atoms with E-state index in [9.17, 15) is 8.78 Å². The summed E-state index contributed by atoms with van der Waals surface area (Å²) in [6, 6.07) is 3.51. The molecule has 118 valence electrons. The fourth-order valence-electron chi connectivity index (χ4n) is 2.39. The Morgan fingerprint density at radius 3 is 2.87 bits per heavy atom. The quantitative estimate of drug-likeness (QED) is 0.801. The van der Waals surface area contributed by atoms with Gasteiger partial charge in [-0.1, -0.05) is 0 Å². The third-order valence-electron chi connectivity index (χ3n) is 3.80. The Morgan fingerprint density at radius 2 is 2.13 bits per heavy atom. The van der Waals surface area contributed by atoms with Crippen LogP contribution in [0.1, 0.15) is 12.8 Å². The number of aromatic nitrogens is 4. The predicted octanol–water partition coefficient (Wildman–Crippen LogP) is 3.02. The zero-order chi connectivity index (χ0) is 16.0. The van der Waals surface area contributed by atoms with Crippen molar-refractivity contribution in [3.8, 4) is 11.8 Å². The van der Waals surface area contributed by atoms with Crippen LogP contribution >= 0.6 is 0 Å². The molecule has 0 aliphatic heterocycles. The molecule has 4 rings (SSSR count). The highest BCUT2D eigenvalue weighted by Gasteiger charge is 2.29. The number of nitrogens with zero attached hydrogens (tertiary/aromatic N) is 4. The van der Waals surface area contributed by atoms with Gasteiger partial charge in [0.15, 0.2) is 23.0 Å². The van der Waals surface area contributed by atoms with E-state index in [2.05, 4.69) is 25.1 Å². The lowest BCUT2D eigenvalue weighted by Gasteiger charge is -2.14. The first-order valence-electron chi connectivity index (χ1n) is 7.18. The monoisotopic (exact) mass is 317 g/mol. The van der Waals surface area contributed by atoms with Gasteiger partial charge in [0.05, 0.1) is 5.39 Å². The van der Waals surface area contributed by atoms with Crippen LogP contribution in [0, 0.1) is 11.6 Å². The Labute approximate surface area is 130 Å². The molecule has 1 aliphatic rings. The number of aromatic amines is 1. The first kappa shape index (κ1) is 13.9. The molecule has 0 saturated heterocycles. The minimum atomic E-state index is -0.813. The predicted molar refractivity (Wildman–Crippen MR) is 79.5 cm³/mol. The summed E-state index contributed by atoms with van der Waals surface area (Å²) in [6.45, 7) is 0. The highest BCUT2D eigenvalue weighted by molar-refractivity contribution is 5.87. The van der Waals surface area contributed by atoms with Gasteiger partial charge in [0.25, 0.3) is 0 Å². The van der Waals surface area contributed by atoms with Crippen molar-refractivity contribution in [2.45, 2.75) is 18.9 Å². The molecule has 0 amide bonds. The SMILES string of the molecule is CN(c1n[nH]c2nc(Oc3ccc(F)cc3F)ncc12)C1CC1. The Morgan fingerprint density at radius 1 is 1.30 bits per heavy atom. The molecule has 6 nitrogen and oxygen atoms in total. The molecule has 0 radical (unpaired) electrons. The van der Waals surface area contributed by atoms with Crippen LogP contribution in [0.5, 0.6) is 11.8 Å². The van der Waals surface area contributed by atoms with Gasteiger partial charge >= 0.3 is 6.01 Å². The van der Waals surface area contributed by atoms with E-state index >= 15 is 0 Å². The average molecular weight is 317 g/mol. The molecule has 2 aromatic heterocycles. The number of H-pyrrole nitrogens is 1. The van der Waals surface area contributed by atoms with Crippen molar-refractivity contribution in [3.05, 3.63) is 36.0 Å². The van der Waals surface area contributed by atoms with Crippen LogP contribution in [0.15, 0.2) is 24.4 Å². The van der Waals surface area contributed by atoms with Gasteiger partial charge in [0.2, 0.25) is 0 Å². The van der Waals surface area contributed by atoms with Gasteiger partial charge in [-0.3, -0.25) is 5.10 Å². The van der Waals surface area contributed by atoms with Crippen LogP contribution in [-0.2, 0) is 0 Å². The van der Waals surface area contributed by atoms with Crippen LogP contribution in [0.4, 0.5) is 14.6 Å². The molecule has 2 heterocycles. The Bertz CT molecular complexity index is 877. The number of benzene rings is 1. The summed E-state index contributed by atoms with van der Waals surface area (Å²) in [5, 5.41) is 7.85. The minimum Gasteiger partial charge on any atom is -0.421 e. The summed E-state index contributed by atoms with van der Waals surface area (Å²) in [5.74, 6) is -0.845. The van der Waals surface area contributed by atoms with Gasteiger partial charge in [-0.25, -0.2) is 13.8 Å². The van der Waals surface area contributed by atoms with Gasteiger partial charge in [-0.05, 0) is 25.0 Å². The largest absolute Gasteiger partial charge is 0.421 e. The zero-order valence-corrected chi connectivity index (χ0v) is 12.3. The molecule has 0 unspecified atom stereocenters. The highest BCUT2D eigenvalue weighted by Crippen LogP contribution is 2.33. The number of rotatable bonds is 4. The second-order valence-electron chi connectivity index (χ2n) is 5.48. The van der Waals surface area contributed by atoms with Crippen molar-refractivity contribution >= 4 is 16.9 Å². The van der Waals surface area contributed by atoms with Crippen molar-refractivity contribution < 1.29 is 13.5 Å². The molecule has 23 heavy (non-hydrogen) atoms. The van der Waals surface area contributed by atoms with Crippen LogP contribution in [0.2, 0.25) is 0 Å². The number of halogens is 2. The number of nitrogens with one attached hydrogen (secondary N) is 1. The van der Waals surface area contributed by atoms with Crippen molar-refractivity contribution in [1.29, 1.82) is 0 Å². The molecule has 1 aliphatic carbocycles. The molecule has 3 aromatic rings. The molecule has 8 heteroatoms. The Hall–Kier alpha value is -2.77. The van der Waals surface area contributed by atoms with Crippen LogP contribution in [-0.4, -0.2) is 33.3 Å². The van der Waals surface area contributed by atoms with Crippen molar-refractivity contribution in [2.24, 2.45) is 0 Å². The van der Waals surface area contributed by atoms with Crippen molar-refractivity contribution in [1.82, 2.24) is 20.2 Å². The summed E-state index contributed by atoms with van der Waals surface area (Å²) < 4.78 is 31.8. The van der Waals surface area contributed by atoms with Gasteiger partial charge in [0.1, 0.15) is 5.82 Å². The van der Waals surface area contributed by atoms with Crippen molar-refractivity contribution in [2.75, 3.05) is 11.9 Å². The second kappa shape index (κ2) is 5.15. The minimum absolute atomic E-state index is 0.0349. The molecule has 1 N–H and O–H groups in total. The summed E-state index contributed by atoms with van der Waals surface area (Å²) >= 11 is 0. The average Bonchev–Trinajstić information content (AvgIpc) is 3.29. The summed E-state index contributed by atoms with van der Waals surface area (Å²) in [5.41, 5.74) is 0.500. The highest BCUT2D eigenvalue weighted by atomic mass is 19.1. The van der Waals surface area contributed by atoms with Gasteiger partial charge < -0.3 is 9.64 Å². The summed E-state index contributed by atoms with van der Waals surface area (Å²) in [4.78, 5) is 10.3. The molecule has 0 bridgehead atoms. The van der Waals surface area contributed by atoms with Gasteiger partial charge in [-0.2, -0.15) is 10.1 Å². The first-order valence-corrected chi connectivity index (χ1v) is 7.18. The normalized spacial score (nSPS) is 14.2. The molecular weight excluding hydrogens is 304 g/mol. The summed E-state index contributed by atoms with van der Waals surface area (Å²) in [7, 11) is 1.98. The Kier molecular flexibility index (Phi) is 3.10. The van der Waals surface area contributed by atoms with E-state index in [4.69, 9.17) is 4.74 Å². The maximum atomic E-state index is 13.6. The third kappa shape index (κ3) is 2.56. The van der Waals surface area contributed by atoms with Gasteiger partial charge in [0, 0.05) is 25.4 Å². The maximum absolute atomic E-state index is 13.6. The standard InChI is InChI=1S/C15H13F2N5O/c1-22(9-3-4-9)14-10-7-18-15(19-13(10)20-21-14)23-12-5-2-8(16)6-11(12)17/h2,5-7,9H,3-4H2,1H3,(H,18,19,20,21). The summed E-state index contributed by atoms with van der Waals surface area (Å²) in [6.07, 6.45) is 3.88. The van der Waals surface area contributed by atoms with Crippen LogP contribution in [0.25, 0.3) is 11.0 Å². The fraction of sp³-hybridized carbons (Fsp3) is 0.267. The van der Waals surface area contributed by atoms with E-state index < -0.39 is 11.6 Å². The third-order valence-corrected chi connectivity index (χ3v) is 3.80. The smallest absolute Gasteiger partial charge is 0.324 e. The van der Waals surface area contributed by atoms with Crippen LogP contribution < -0.4 is 9.64 Å². The van der Waals surface area contributed by atoms with Crippen molar-refractivity contribution in [3.63, 3.8) is 0 Å². The van der Waals surface area contributed by atoms with E-state index in [1.54, 1.807) is 6.20 Å². The molecule has 0 atom stereocenters. The number of anilines is 1. The first-order chi connectivity index (χ1) is 11.1.